The van der Waals surface area contributed by atoms with Gasteiger partial charge in [0, 0.05) is 0 Å². The molecule has 0 aliphatic heterocycles. The van der Waals surface area contributed by atoms with Crippen LogP contribution in [-0.2, 0) is 27.7 Å². The van der Waals surface area contributed by atoms with Gasteiger partial charge in [-0.05, 0) is 0 Å². The van der Waals surface area contributed by atoms with Crippen LogP contribution in [0, 0.1) is 11.8 Å². The molecule has 178 valence electrons. The minimum atomic E-state index is -2.16. The van der Waals surface area contributed by atoms with E-state index in [1.807, 2.05) is 6.55 Å². The van der Waals surface area contributed by atoms with Gasteiger partial charge in [0.25, 0.3) is 0 Å². The molecule has 0 spiro atoms. The van der Waals surface area contributed by atoms with Crippen molar-refractivity contribution < 1.29 is 46.1 Å². The summed E-state index contributed by atoms with van der Waals surface area (Å²) in [6, 6.07) is 16.6. The van der Waals surface area contributed by atoms with Gasteiger partial charge in [0.05, 0.1) is 0 Å². The van der Waals surface area contributed by atoms with Crippen LogP contribution in [0.25, 0.3) is 11.1 Å². The molecule has 0 heterocycles. The van der Waals surface area contributed by atoms with Crippen LogP contribution in [0.1, 0.15) is 81.8 Å². The molecular weight excluding hydrogens is 534 g/mol. The molecule has 2 aromatic carbocycles. The van der Waals surface area contributed by atoms with Gasteiger partial charge in [-0.1, -0.05) is 0 Å². The Morgan fingerprint density at radius 1 is 0.706 bits per heavy atom. The van der Waals surface area contributed by atoms with E-state index in [9.17, 15) is 0 Å². The average molecular weight is 571 g/mol. The average Bonchev–Trinajstić information content (AvgIpc) is 3.52. The van der Waals surface area contributed by atoms with Crippen LogP contribution in [-0.4, -0.2) is 3.21 Å². The van der Waals surface area contributed by atoms with E-state index in [0.717, 1.165) is 18.3 Å². The van der Waals surface area contributed by atoms with Crippen LogP contribution in [0.5, 0.6) is 0 Å². The zero-order valence-corrected chi connectivity index (χ0v) is 24.1. The number of halogens is 2. The van der Waals surface area contributed by atoms with Crippen LogP contribution in [0.15, 0.2) is 64.0 Å². The molecule has 0 bridgehead atoms. The summed E-state index contributed by atoms with van der Waals surface area (Å²) < 4.78 is 5.84. The Bertz CT molecular complexity index is 1080. The molecule has 34 heavy (non-hydrogen) atoms. The van der Waals surface area contributed by atoms with Crippen molar-refractivity contribution in [3.63, 3.8) is 0 Å². The van der Waals surface area contributed by atoms with E-state index in [4.69, 9.17) is 0 Å². The molecule has 0 unspecified atom stereocenters. The standard InChI is InChI=1S/C13H9.C13H22.C5H5.2ClH.Zr/c1-3-7-12-10(5-1)9-11-6-2-4-8-13(11)12;1-3-7-12(8-4-1)11-13-9-5-2-6-10-13;1-2-4-5-3-1;;;/h1-5,7-8H,9H2;12-13H,1-10H2;1-3H,4H2;2*1H;/q;;;;;+2/p-2. The van der Waals surface area contributed by atoms with Crippen molar-refractivity contribution in [2.24, 2.45) is 11.8 Å². The maximum absolute atomic E-state index is 2.59. The normalized spacial score (nSPS) is 19.2. The third kappa shape index (κ3) is 5.05. The molecule has 0 amide bonds. The molecule has 0 aromatic heterocycles. The predicted molar refractivity (Wildman–Crippen MR) is 134 cm³/mol. The van der Waals surface area contributed by atoms with Gasteiger partial charge in [0.1, 0.15) is 0 Å². The predicted octanol–water partition coefficient (Wildman–Crippen LogP) is 1.69. The fourth-order valence-corrected chi connectivity index (χ4v) is 16.4. The molecule has 0 radical (unpaired) electrons. The second kappa shape index (κ2) is 12.0. The Kier molecular flexibility index (Phi) is 9.28. The summed E-state index contributed by atoms with van der Waals surface area (Å²) in [6.45, 7) is 0. The number of allylic oxidation sites excluding steroid dienone is 4. The smallest absolute Gasteiger partial charge is 1.00 e. The summed E-state index contributed by atoms with van der Waals surface area (Å²) in [5, 5.41) is 0. The minimum absolute atomic E-state index is 0. The third-order valence-corrected chi connectivity index (χ3v) is 17.0. The van der Waals surface area contributed by atoms with Gasteiger partial charge in [-0.15, -0.1) is 0 Å². The van der Waals surface area contributed by atoms with Crippen LogP contribution < -0.4 is 28.1 Å². The molecule has 2 saturated carbocycles. The number of benzene rings is 2. The largest absolute Gasteiger partial charge is 1.00 e. The van der Waals surface area contributed by atoms with Crippen LogP contribution in [0.4, 0.5) is 0 Å². The van der Waals surface area contributed by atoms with Gasteiger partial charge in [0.15, 0.2) is 0 Å². The molecule has 4 aliphatic rings. The van der Waals surface area contributed by atoms with Gasteiger partial charge in [-0.3, -0.25) is 0 Å². The number of rotatable bonds is 4. The van der Waals surface area contributed by atoms with Crippen molar-refractivity contribution in [3.05, 3.63) is 75.1 Å². The van der Waals surface area contributed by atoms with E-state index in [1.165, 1.54) is 76.2 Å². The molecule has 0 nitrogen and oxygen atoms in total. The monoisotopic (exact) mass is 568 g/mol. The summed E-state index contributed by atoms with van der Waals surface area (Å²) in [4.78, 5) is 0. The Morgan fingerprint density at radius 3 is 2.00 bits per heavy atom. The maximum atomic E-state index is 2.59. The third-order valence-electron chi connectivity index (χ3n) is 8.59. The number of hydrogen-bond acceptors (Lipinski definition) is 0. The summed E-state index contributed by atoms with van der Waals surface area (Å²) in [5.74, 6) is 1.84. The molecule has 4 aliphatic carbocycles. The van der Waals surface area contributed by atoms with E-state index in [1.54, 1.807) is 16.7 Å². The zero-order chi connectivity index (χ0) is 21.3. The minimum Gasteiger partial charge on any atom is -1.00 e. The molecule has 0 N–H and O–H groups in total. The number of hydrogen-bond donors (Lipinski definition) is 0. The SMILES string of the molecule is C1=CC[C]([Zr+2](=[C](C2CCCCC2)C2CCCCC2)[c]2cccc3c2Cc2ccccc2-3)=C1.[Cl-].[Cl-]. The Balaban J connectivity index is 0.00000137. The van der Waals surface area contributed by atoms with Gasteiger partial charge >= 0.3 is 203 Å². The van der Waals surface area contributed by atoms with Gasteiger partial charge in [-0.2, -0.15) is 0 Å². The van der Waals surface area contributed by atoms with Crippen LogP contribution in [0.3, 0.4) is 0 Å². The first-order chi connectivity index (χ1) is 15.9. The van der Waals surface area contributed by atoms with Gasteiger partial charge in [-0.25, -0.2) is 0 Å². The molecule has 2 aromatic rings. The second-order valence-corrected chi connectivity index (χ2v) is 16.7. The van der Waals surface area contributed by atoms with Gasteiger partial charge in [0.2, 0.25) is 0 Å². The summed E-state index contributed by atoms with van der Waals surface area (Å²) in [6.07, 6.45) is 24.5. The van der Waals surface area contributed by atoms with E-state index in [-0.39, 0.29) is 24.8 Å². The molecule has 0 saturated heterocycles. The van der Waals surface area contributed by atoms with Crippen molar-refractivity contribution in [2.45, 2.75) is 77.0 Å². The first kappa shape index (κ1) is 26.3. The van der Waals surface area contributed by atoms with Crippen LogP contribution >= 0.6 is 0 Å². The molecule has 3 heteroatoms. The van der Waals surface area contributed by atoms with E-state index in [0.29, 0.717) is 0 Å². The van der Waals surface area contributed by atoms with Crippen molar-refractivity contribution in [2.75, 3.05) is 0 Å². The summed E-state index contributed by atoms with van der Waals surface area (Å²) >= 11 is -2.16. The van der Waals surface area contributed by atoms with E-state index in [2.05, 4.69) is 63.9 Å². The topological polar surface area (TPSA) is 0 Å². The molecule has 2 fully saturated rings. The molecule has 0 atom stereocenters. The second-order valence-electron chi connectivity index (χ2n) is 10.5. The fraction of sp³-hybridized carbons (Fsp3) is 0.452. The summed E-state index contributed by atoms with van der Waals surface area (Å²) in [7, 11) is 0. The number of fused-ring (bicyclic) bond motifs is 3. The van der Waals surface area contributed by atoms with Gasteiger partial charge < -0.3 is 24.8 Å². The maximum Gasteiger partial charge on any atom is -1.00 e. The van der Waals surface area contributed by atoms with Crippen LogP contribution in [0.2, 0.25) is 0 Å². The van der Waals surface area contributed by atoms with Crippen molar-refractivity contribution in [1.82, 2.24) is 0 Å². The van der Waals surface area contributed by atoms with Crippen molar-refractivity contribution in [1.29, 1.82) is 0 Å². The summed E-state index contributed by atoms with van der Waals surface area (Å²) in [5.41, 5.74) is 6.31. The molecule has 6 rings (SSSR count). The zero-order valence-electron chi connectivity index (χ0n) is 20.2. The molecular formula is C31H36Cl2Zr. The first-order valence-corrected chi connectivity index (χ1v) is 16.9. The quantitative estimate of drug-likeness (QED) is 0.448. The van der Waals surface area contributed by atoms with Crippen molar-refractivity contribution >= 4 is 6.48 Å². The van der Waals surface area contributed by atoms with Crippen molar-refractivity contribution in [3.8, 4) is 11.1 Å². The first-order valence-electron chi connectivity index (χ1n) is 13.2. The Morgan fingerprint density at radius 2 is 1.35 bits per heavy atom. The Hall–Kier alpha value is -0.747. The fourth-order valence-electron chi connectivity index (χ4n) is 7.11. The van der Waals surface area contributed by atoms with E-state index < -0.39 is 21.3 Å². The Labute approximate surface area is 226 Å². The van der Waals surface area contributed by atoms with E-state index >= 15 is 0 Å².